The lowest BCUT2D eigenvalue weighted by atomic mass is 10.1. The van der Waals surface area contributed by atoms with Gasteiger partial charge in [-0.15, -0.1) is 0 Å². The Morgan fingerprint density at radius 2 is 2.04 bits per heavy atom. The van der Waals surface area contributed by atoms with E-state index >= 15 is 0 Å². The molecule has 2 aromatic rings. The summed E-state index contributed by atoms with van der Waals surface area (Å²) in [4.78, 5) is 28.2. The molecular weight excluding hydrogens is 306 g/mol. The SMILES string of the molecule is O=C(NCCCn1ccnc1)C1=NN(c2ccccc2)C(=O)CC1. The van der Waals surface area contributed by atoms with Crippen LogP contribution in [-0.2, 0) is 16.1 Å². The maximum absolute atomic E-state index is 12.2. The Hall–Kier alpha value is -2.96. The Bertz CT molecular complexity index is 725. The molecule has 0 fully saturated rings. The molecule has 1 aliphatic heterocycles. The van der Waals surface area contributed by atoms with Crippen LogP contribution in [-0.4, -0.2) is 33.6 Å². The molecule has 3 rings (SSSR count). The quantitative estimate of drug-likeness (QED) is 0.819. The normalized spacial score (nSPS) is 14.4. The van der Waals surface area contributed by atoms with Gasteiger partial charge in [0, 0.05) is 38.3 Å². The van der Waals surface area contributed by atoms with Gasteiger partial charge >= 0.3 is 0 Å². The zero-order valence-electron chi connectivity index (χ0n) is 13.3. The van der Waals surface area contributed by atoms with E-state index in [-0.39, 0.29) is 18.2 Å². The van der Waals surface area contributed by atoms with Crippen molar-refractivity contribution in [2.45, 2.75) is 25.8 Å². The van der Waals surface area contributed by atoms with E-state index in [2.05, 4.69) is 15.4 Å². The highest BCUT2D eigenvalue weighted by Crippen LogP contribution is 2.19. The highest BCUT2D eigenvalue weighted by atomic mass is 16.2. The van der Waals surface area contributed by atoms with E-state index in [0.717, 1.165) is 13.0 Å². The molecule has 0 spiro atoms. The summed E-state index contributed by atoms with van der Waals surface area (Å²) in [6, 6.07) is 9.14. The molecule has 2 heterocycles. The van der Waals surface area contributed by atoms with Crippen molar-refractivity contribution in [3.05, 3.63) is 49.1 Å². The van der Waals surface area contributed by atoms with Crippen LogP contribution < -0.4 is 10.3 Å². The average Bonchev–Trinajstić information content (AvgIpc) is 3.13. The first-order valence-electron chi connectivity index (χ1n) is 7.93. The van der Waals surface area contributed by atoms with Crippen LogP contribution in [0.1, 0.15) is 19.3 Å². The van der Waals surface area contributed by atoms with Gasteiger partial charge in [0.15, 0.2) is 0 Å². The maximum atomic E-state index is 12.2. The van der Waals surface area contributed by atoms with E-state index in [1.165, 1.54) is 5.01 Å². The molecule has 7 heteroatoms. The van der Waals surface area contributed by atoms with E-state index in [1.54, 1.807) is 24.7 Å². The van der Waals surface area contributed by atoms with Crippen LogP contribution in [0.15, 0.2) is 54.2 Å². The van der Waals surface area contributed by atoms with Crippen LogP contribution in [0, 0.1) is 0 Å². The monoisotopic (exact) mass is 325 g/mol. The van der Waals surface area contributed by atoms with Gasteiger partial charge in [0.25, 0.3) is 5.91 Å². The molecule has 0 atom stereocenters. The summed E-state index contributed by atoms with van der Waals surface area (Å²) in [5.74, 6) is -0.313. The minimum atomic E-state index is -0.214. The molecule has 7 nitrogen and oxygen atoms in total. The molecule has 0 aliphatic carbocycles. The summed E-state index contributed by atoms with van der Waals surface area (Å²) in [6.07, 6.45) is 6.82. The van der Waals surface area contributed by atoms with Crippen LogP contribution in [0.3, 0.4) is 0 Å². The highest BCUT2D eigenvalue weighted by molar-refractivity contribution is 6.40. The fourth-order valence-corrected chi connectivity index (χ4v) is 2.47. The maximum Gasteiger partial charge on any atom is 0.267 e. The molecule has 1 N–H and O–H groups in total. The van der Waals surface area contributed by atoms with Gasteiger partial charge < -0.3 is 9.88 Å². The third-order valence-electron chi connectivity index (χ3n) is 3.73. The van der Waals surface area contributed by atoms with Gasteiger partial charge in [-0.1, -0.05) is 18.2 Å². The van der Waals surface area contributed by atoms with Gasteiger partial charge in [-0.25, -0.2) is 9.99 Å². The number of carbonyl (C=O) groups is 2. The molecule has 1 aliphatic rings. The Morgan fingerprint density at radius 3 is 2.79 bits per heavy atom. The molecule has 0 bridgehead atoms. The molecule has 1 aromatic carbocycles. The van der Waals surface area contributed by atoms with Crippen molar-refractivity contribution in [1.29, 1.82) is 0 Å². The Morgan fingerprint density at radius 1 is 1.21 bits per heavy atom. The zero-order chi connectivity index (χ0) is 16.8. The molecule has 0 unspecified atom stereocenters. The third kappa shape index (κ3) is 3.87. The predicted molar refractivity (Wildman–Crippen MR) is 90.5 cm³/mol. The average molecular weight is 325 g/mol. The molecule has 24 heavy (non-hydrogen) atoms. The highest BCUT2D eigenvalue weighted by Gasteiger charge is 2.25. The Kier molecular flexibility index (Phi) is 5.00. The van der Waals surface area contributed by atoms with E-state index < -0.39 is 0 Å². The minimum Gasteiger partial charge on any atom is -0.351 e. The number of aryl methyl sites for hydroxylation is 1. The fourth-order valence-electron chi connectivity index (χ4n) is 2.47. The largest absolute Gasteiger partial charge is 0.351 e. The standard InChI is InChI=1S/C17H19N5O2/c23-16-8-7-15(20-22(16)14-5-2-1-3-6-14)17(24)19-9-4-11-21-12-10-18-13-21/h1-3,5-6,10,12-13H,4,7-9,11H2,(H,19,24). The smallest absolute Gasteiger partial charge is 0.267 e. The Labute approximate surface area is 140 Å². The zero-order valence-corrected chi connectivity index (χ0v) is 13.3. The number of aromatic nitrogens is 2. The first kappa shape index (κ1) is 15.9. The van der Waals surface area contributed by atoms with Crippen molar-refractivity contribution in [2.24, 2.45) is 5.10 Å². The first-order valence-corrected chi connectivity index (χ1v) is 7.93. The second-order valence-corrected chi connectivity index (χ2v) is 5.50. The number of rotatable bonds is 6. The number of imidazole rings is 1. The first-order chi connectivity index (χ1) is 11.7. The van der Waals surface area contributed by atoms with Crippen molar-refractivity contribution >= 4 is 23.2 Å². The number of hydrogen-bond donors (Lipinski definition) is 1. The van der Waals surface area contributed by atoms with E-state index in [9.17, 15) is 9.59 Å². The molecule has 0 saturated carbocycles. The fraction of sp³-hybridized carbons (Fsp3) is 0.294. The summed E-state index contributed by atoms with van der Waals surface area (Å²) in [5.41, 5.74) is 1.06. The van der Waals surface area contributed by atoms with Crippen molar-refractivity contribution < 1.29 is 9.59 Å². The topological polar surface area (TPSA) is 79.6 Å². The van der Waals surface area contributed by atoms with Gasteiger partial charge in [-0.05, 0) is 18.6 Å². The Balaban J connectivity index is 1.56. The van der Waals surface area contributed by atoms with Crippen molar-refractivity contribution in [2.75, 3.05) is 11.6 Å². The molecule has 2 amide bonds. The summed E-state index contributed by atoms with van der Waals surface area (Å²) in [6.45, 7) is 1.34. The van der Waals surface area contributed by atoms with Crippen LogP contribution >= 0.6 is 0 Å². The van der Waals surface area contributed by atoms with Gasteiger partial charge in [0.2, 0.25) is 5.91 Å². The number of nitrogens with zero attached hydrogens (tertiary/aromatic N) is 4. The molecule has 1 aromatic heterocycles. The third-order valence-corrected chi connectivity index (χ3v) is 3.73. The summed E-state index contributed by atoms with van der Waals surface area (Å²) < 4.78 is 1.96. The van der Waals surface area contributed by atoms with Crippen LogP contribution in [0.5, 0.6) is 0 Å². The van der Waals surface area contributed by atoms with E-state index in [4.69, 9.17) is 0 Å². The number of carbonyl (C=O) groups excluding carboxylic acids is 2. The van der Waals surface area contributed by atoms with Gasteiger partial charge in [0.05, 0.1) is 12.0 Å². The molecule has 124 valence electrons. The summed E-state index contributed by atoms with van der Waals surface area (Å²) in [7, 11) is 0. The van der Waals surface area contributed by atoms with Crippen LogP contribution in [0.4, 0.5) is 5.69 Å². The minimum absolute atomic E-state index is 0.0992. The number of hydrogen-bond acceptors (Lipinski definition) is 4. The number of anilines is 1. The lowest BCUT2D eigenvalue weighted by Gasteiger charge is -2.23. The molecule has 0 saturated heterocycles. The number of benzene rings is 1. The lowest BCUT2D eigenvalue weighted by Crippen LogP contribution is -2.39. The van der Waals surface area contributed by atoms with Crippen molar-refractivity contribution in [1.82, 2.24) is 14.9 Å². The molecule has 0 radical (unpaired) electrons. The summed E-state index contributed by atoms with van der Waals surface area (Å²) >= 11 is 0. The van der Waals surface area contributed by atoms with Gasteiger partial charge in [0.1, 0.15) is 5.71 Å². The number of nitrogens with one attached hydrogen (secondary N) is 1. The van der Waals surface area contributed by atoms with Crippen molar-refractivity contribution in [3.8, 4) is 0 Å². The van der Waals surface area contributed by atoms with Crippen LogP contribution in [0.25, 0.3) is 0 Å². The summed E-state index contributed by atoms with van der Waals surface area (Å²) in [5, 5.41) is 8.40. The van der Waals surface area contributed by atoms with E-state index in [1.807, 2.05) is 29.0 Å². The predicted octanol–water partition coefficient (Wildman–Crippen LogP) is 1.57. The lowest BCUT2D eigenvalue weighted by molar-refractivity contribution is -0.118. The molecular formula is C17H19N5O2. The van der Waals surface area contributed by atoms with E-state index in [0.29, 0.717) is 24.4 Å². The van der Waals surface area contributed by atoms with Gasteiger partial charge in [-0.3, -0.25) is 9.59 Å². The van der Waals surface area contributed by atoms with Crippen molar-refractivity contribution in [3.63, 3.8) is 0 Å². The number of amides is 2. The second kappa shape index (κ2) is 7.54. The van der Waals surface area contributed by atoms with Crippen LogP contribution in [0.2, 0.25) is 0 Å². The van der Waals surface area contributed by atoms with Gasteiger partial charge in [-0.2, -0.15) is 5.10 Å². The second-order valence-electron chi connectivity index (χ2n) is 5.50. The number of hydrazone groups is 1. The number of para-hydroxylation sites is 1.